The molecule has 11 aromatic rings. The fraction of sp³-hybridized carbons (Fsp3) is 0. The van der Waals surface area contributed by atoms with Gasteiger partial charge >= 0.3 is 0 Å². The van der Waals surface area contributed by atoms with Crippen molar-refractivity contribution in [2.45, 2.75) is 0 Å². The number of rotatable bonds is 5. The van der Waals surface area contributed by atoms with Gasteiger partial charge in [0.25, 0.3) is 0 Å². The second kappa shape index (κ2) is 11.7. The Morgan fingerprint density at radius 1 is 0.396 bits per heavy atom. The average molecular weight is 677 g/mol. The van der Waals surface area contributed by atoms with E-state index in [0.29, 0.717) is 0 Å². The second-order valence-electron chi connectivity index (χ2n) is 13.7. The van der Waals surface area contributed by atoms with Gasteiger partial charge in [-0.15, -0.1) is 0 Å². The lowest BCUT2D eigenvalue weighted by molar-refractivity contribution is 0.672. The van der Waals surface area contributed by atoms with Crippen molar-refractivity contribution in [1.29, 1.82) is 0 Å². The Balaban J connectivity index is 1.10. The maximum absolute atomic E-state index is 6.66. The molecule has 0 saturated heterocycles. The van der Waals surface area contributed by atoms with Crippen LogP contribution in [-0.4, -0.2) is 4.57 Å². The van der Waals surface area contributed by atoms with E-state index in [1.165, 1.54) is 43.7 Å². The molecule has 53 heavy (non-hydrogen) atoms. The molecule has 9 aromatic carbocycles. The number of anilines is 3. The molecule has 0 aliphatic heterocycles. The summed E-state index contributed by atoms with van der Waals surface area (Å²) < 4.78 is 9.02. The summed E-state index contributed by atoms with van der Waals surface area (Å²) in [6.07, 6.45) is 0. The van der Waals surface area contributed by atoms with Crippen molar-refractivity contribution < 1.29 is 4.42 Å². The summed E-state index contributed by atoms with van der Waals surface area (Å²) in [5.74, 6) is 0. The van der Waals surface area contributed by atoms with Crippen molar-refractivity contribution in [2.24, 2.45) is 0 Å². The minimum Gasteiger partial charge on any atom is -0.455 e. The fourth-order valence-corrected chi connectivity index (χ4v) is 8.34. The highest BCUT2D eigenvalue weighted by Gasteiger charge is 2.21. The molecule has 0 fully saturated rings. The van der Waals surface area contributed by atoms with Gasteiger partial charge in [-0.05, 0) is 88.6 Å². The molecule has 0 spiro atoms. The van der Waals surface area contributed by atoms with Gasteiger partial charge in [-0.25, -0.2) is 0 Å². The zero-order chi connectivity index (χ0) is 34.9. The van der Waals surface area contributed by atoms with Gasteiger partial charge in [0.1, 0.15) is 11.2 Å². The standard InChI is InChI=1S/C50H32N2O/c1-2-15-37(16-3-1)51-45-20-8-6-18-40(45)43-32-36(27-31-46(43)51)33-24-28-38(29-25-33)52(44-21-10-13-34-12-4-5-17-39(34)44)47-22-11-14-35-26-30-42-41-19-7-9-23-48(41)53-50(42)49(35)47/h1-32H. The van der Waals surface area contributed by atoms with E-state index >= 15 is 0 Å². The molecule has 0 saturated carbocycles. The fourth-order valence-electron chi connectivity index (χ4n) is 8.34. The highest BCUT2D eigenvalue weighted by molar-refractivity contribution is 6.20. The summed E-state index contributed by atoms with van der Waals surface area (Å²) in [4.78, 5) is 2.40. The van der Waals surface area contributed by atoms with Crippen molar-refractivity contribution in [1.82, 2.24) is 4.57 Å². The van der Waals surface area contributed by atoms with Crippen LogP contribution in [0.15, 0.2) is 199 Å². The van der Waals surface area contributed by atoms with E-state index in [4.69, 9.17) is 4.42 Å². The smallest absolute Gasteiger partial charge is 0.145 e. The molecule has 0 bridgehead atoms. The Hall–Kier alpha value is -7.10. The summed E-state index contributed by atoms with van der Waals surface area (Å²) in [5, 5.41) is 9.37. The highest BCUT2D eigenvalue weighted by atomic mass is 16.3. The van der Waals surface area contributed by atoms with Crippen LogP contribution in [0.2, 0.25) is 0 Å². The number of hydrogen-bond acceptors (Lipinski definition) is 2. The normalized spacial score (nSPS) is 11.8. The molecule has 11 rings (SSSR count). The minimum absolute atomic E-state index is 0.898. The molecular weight excluding hydrogens is 645 g/mol. The Morgan fingerprint density at radius 3 is 1.92 bits per heavy atom. The first-order chi connectivity index (χ1) is 26.3. The molecule has 0 aliphatic carbocycles. The predicted octanol–water partition coefficient (Wildman–Crippen LogP) is 14.1. The first kappa shape index (κ1) is 29.6. The van der Waals surface area contributed by atoms with Crippen molar-refractivity contribution in [3.05, 3.63) is 194 Å². The summed E-state index contributed by atoms with van der Waals surface area (Å²) >= 11 is 0. The molecule has 248 valence electrons. The van der Waals surface area contributed by atoms with Crippen LogP contribution in [0.3, 0.4) is 0 Å². The summed E-state index contributed by atoms with van der Waals surface area (Å²) in [6, 6.07) is 69.7. The maximum atomic E-state index is 6.66. The third-order valence-electron chi connectivity index (χ3n) is 10.8. The zero-order valence-electron chi connectivity index (χ0n) is 28.8. The van der Waals surface area contributed by atoms with Gasteiger partial charge in [-0.2, -0.15) is 0 Å². The van der Waals surface area contributed by atoms with E-state index in [1.54, 1.807) is 0 Å². The van der Waals surface area contributed by atoms with Crippen LogP contribution in [0.4, 0.5) is 17.1 Å². The number of nitrogens with zero attached hydrogens (tertiary/aromatic N) is 2. The average Bonchev–Trinajstić information content (AvgIpc) is 3.77. The van der Waals surface area contributed by atoms with Gasteiger partial charge in [0.2, 0.25) is 0 Å². The molecule has 3 nitrogen and oxygen atoms in total. The molecule has 0 amide bonds. The van der Waals surface area contributed by atoms with Gasteiger partial charge in [0, 0.05) is 43.7 Å². The van der Waals surface area contributed by atoms with Crippen LogP contribution in [0.1, 0.15) is 0 Å². The van der Waals surface area contributed by atoms with E-state index in [1.807, 2.05) is 6.07 Å². The first-order valence-corrected chi connectivity index (χ1v) is 18.1. The number of fused-ring (bicyclic) bond motifs is 9. The van der Waals surface area contributed by atoms with E-state index < -0.39 is 0 Å². The van der Waals surface area contributed by atoms with Crippen LogP contribution in [-0.2, 0) is 0 Å². The predicted molar refractivity (Wildman–Crippen MR) is 223 cm³/mol. The summed E-state index contributed by atoms with van der Waals surface area (Å²) in [5.41, 5.74) is 11.0. The van der Waals surface area contributed by atoms with Gasteiger partial charge in [0.05, 0.1) is 22.4 Å². The number of aromatic nitrogens is 1. The number of furan rings is 1. The van der Waals surface area contributed by atoms with Gasteiger partial charge in [-0.1, -0.05) is 127 Å². The Morgan fingerprint density at radius 2 is 1.06 bits per heavy atom. The third-order valence-corrected chi connectivity index (χ3v) is 10.8. The first-order valence-electron chi connectivity index (χ1n) is 18.1. The van der Waals surface area contributed by atoms with Gasteiger partial charge < -0.3 is 13.9 Å². The lowest BCUT2D eigenvalue weighted by Crippen LogP contribution is -2.11. The van der Waals surface area contributed by atoms with Crippen LogP contribution in [0, 0.1) is 0 Å². The SMILES string of the molecule is c1ccc(-n2c3ccccc3c3cc(-c4ccc(N(c5cccc6ccccc56)c5cccc6ccc7c8ccccc8oc7c56)cc4)ccc32)cc1. The lowest BCUT2D eigenvalue weighted by atomic mass is 10.00. The Bertz CT molecular complexity index is 3160. The molecule has 2 heterocycles. The number of benzene rings is 9. The molecule has 0 unspecified atom stereocenters. The van der Waals surface area contributed by atoms with Crippen molar-refractivity contribution in [2.75, 3.05) is 4.90 Å². The van der Waals surface area contributed by atoms with Crippen LogP contribution < -0.4 is 4.90 Å². The minimum atomic E-state index is 0.898. The molecule has 2 aromatic heterocycles. The van der Waals surface area contributed by atoms with Gasteiger partial charge in [-0.3, -0.25) is 0 Å². The molecule has 0 atom stereocenters. The third kappa shape index (κ3) is 4.61. The monoisotopic (exact) mass is 676 g/mol. The summed E-state index contributed by atoms with van der Waals surface area (Å²) in [6.45, 7) is 0. The number of para-hydroxylation sites is 3. The highest BCUT2D eigenvalue weighted by Crippen LogP contribution is 2.46. The molecular formula is C50H32N2O. The molecule has 3 heteroatoms. The van der Waals surface area contributed by atoms with E-state index in [9.17, 15) is 0 Å². The van der Waals surface area contributed by atoms with E-state index in [0.717, 1.165) is 55.5 Å². The van der Waals surface area contributed by atoms with Crippen LogP contribution in [0.5, 0.6) is 0 Å². The van der Waals surface area contributed by atoms with Crippen LogP contribution >= 0.6 is 0 Å². The summed E-state index contributed by atoms with van der Waals surface area (Å²) in [7, 11) is 0. The molecule has 0 aliphatic rings. The van der Waals surface area contributed by atoms with E-state index in [2.05, 4.69) is 198 Å². The molecule has 0 radical (unpaired) electrons. The van der Waals surface area contributed by atoms with E-state index in [-0.39, 0.29) is 0 Å². The Labute approximate surface area is 306 Å². The second-order valence-corrected chi connectivity index (χ2v) is 13.7. The topological polar surface area (TPSA) is 21.3 Å². The maximum Gasteiger partial charge on any atom is 0.145 e. The quantitative estimate of drug-likeness (QED) is 0.181. The van der Waals surface area contributed by atoms with Crippen molar-refractivity contribution in [3.8, 4) is 16.8 Å². The largest absolute Gasteiger partial charge is 0.455 e. The van der Waals surface area contributed by atoms with Gasteiger partial charge in [0.15, 0.2) is 0 Å². The Kier molecular flexibility index (Phi) is 6.55. The van der Waals surface area contributed by atoms with Crippen molar-refractivity contribution in [3.63, 3.8) is 0 Å². The zero-order valence-corrected chi connectivity index (χ0v) is 28.8. The lowest BCUT2D eigenvalue weighted by Gasteiger charge is -2.28. The number of hydrogen-bond donors (Lipinski definition) is 0. The van der Waals surface area contributed by atoms with Crippen molar-refractivity contribution >= 4 is 82.4 Å². The van der Waals surface area contributed by atoms with Crippen LogP contribution in [0.25, 0.3) is 82.1 Å². The molecule has 0 N–H and O–H groups in total.